The first-order chi connectivity index (χ1) is 22.1. The van der Waals surface area contributed by atoms with Crippen LogP contribution in [0.1, 0.15) is 62.3 Å². The molecule has 2 N–H and O–H groups in total. The largest absolute Gasteiger partial charge is 0.493 e. The average Bonchev–Trinajstić information content (AvgIpc) is 3.41. The molecule has 0 saturated heterocycles. The van der Waals surface area contributed by atoms with Crippen molar-refractivity contribution in [3.8, 4) is 17.1 Å². The number of carbonyl (C=O) groups is 1. The van der Waals surface area contributed by atoms with Crippen LogP contribution in [0.3, 0.4) is 0 Å². The molecule has 1 unspecified atom stereocenters. The zero-order valence-electron chi connectivity index (χ0n) is 27.2. The minimum atomic E-state index is -0.800. The molecule has 4 aromatic carbocycles. The summed E-state index contributed by atoms with van der Waals surface area (Å²) in [5.41, 5.74) is 6.37. The van der Waals surface area contributed by atoms with E-state index in [0.717, 1.165) is 50.4 Å². The van der Waals surface area contributed by atoms with E-state index in [-0.39, 0.29) is 5.41 Å². The van der Waals surface area contributed by atoms with Gasteiger partial charge >= 0.3 is 5.97 Å². The molecule has 7 nitrogen and oxygen atoms in total. The zero-order valence-corrected chi connectivity index (χ0v) is 28.0. The lowest BCUT2D eigenvalue weighted by molar-refractivity contribution is -0.138. The molecule has 0 saturated carbocycles. The third-order valence-electron chi connectivity index (χ3n) is 8.09. The molecular weight excluding hydrogens is 593 g/mol. The summed E-state index contributed by atoms with van der Waals surface area (Å²) in [6, 6.07) is 32.7. The van der Waals surface area contributed by atoms with Gasteiger partial charge in [-0.2, -0.15) is 0 Å². The summed E-state index contributed by atoms with van der Waals surface area (Å²) in [4.78, 5) is 12.6. The van der Waals surface area contributed by atoms with Gasteiger partial charge < -0.3 is 19.7 Å². The second-order valence-electron chi connectivity index (χ2n) is 12.4. The SMILES string of the molecule is CCC(C(=O)O)c1ccc(NCc2ccc(Sc3nnc(-c4ccc(C(C)(C)C)cc4)n3C)cc2OCCc2ccccc2)cc1. The summed E-state index contributed by atoms with van der Waals surface area (Å²) < 4.78 is 8.41. The second-order valence-corrected chi connectivity index (χ2v) is 13.5. The molecule has 5 aromatic rings. The van der Waals surface area contributed by atoms with Crippen molar-refractivity contribution in [3.05, 3.63) is 119 Å². The van der Waals surface area contributed by atoms with E-state index in [4.69, 9.17) is 4.74 Å². The first-order valence-electron chi connectivity index (χ1n) is 15.7. The van der Waals surface area contributed by atoms with Crippen LogP contribution < -0.4 is 10.1 Å². The van der Waals surface area contributed by atoms with E-state index in [1.54, 1.807) is 11.8 Å². The second kappa shape index (κ2) is 14.7. The lowest BCUT2D eigenvalue weighted by Gasteiger charge is -2.19. The third-order valence-corrected chi connectivity index (χ3v) is 9.11. The highest BCUT2D eigenvalue weighted by atomic mass is 32.2. The summed E-state index contributed by atoms with van der Waals surface area (Å²) in [6.07, 6.45) is 1.35. The van der Waals surface area contributed by atoms with Crippen molar-refractivity contribution in [3.63, 3.8) is 0 Å². The molecule has 1 atom stereocenters. The number of anilines is 1. The van der Waals surface area contributed by atoms with Crippen LogP contribution >= 0.6 is 11.8 Å². The highest BCUT2D eigenvalue weighted by Crippen LogP contribution is 2.34. The van der Waals surface area contributed by atoms with E-state index in [1.807, 2.05) is 61.0 Å². The van der Waals surface area contributed by atoms with Crippen LogP contribution in [0.5, 0.6) is 5.75 Å². The van der Waals surface area contributed by atoms with Crippen LogP contribution in [0.2, 0.25) is 0 Å². The maximum Gasteiger partial charge on any atom is 0.310 e. The van der Waals surface area contributed by atoms with Crippen molar-refractivity contribution in [1.82, 2.24) is 14.8 Å². The number of carboxylic acids is 1. The summed E-state index contributed by atoms with van der Waals surface area (Å²) in [6.45, 7) is 9.63. The maximum absolute atomic E-state index is 11.6. The first-order valence-corrected chi connectivity index (χ1v) is 16.5. The van der Waals surface area contributed by atoms with Crippen molar-refractivity contribution in [2.24, 2.45) is 7.05 Å². The molecule has 0 aliphatic carbocycles. The van der Waals surface area contributed by atoms with E-state index < -0.39 is 11.9 Å². The molecule has 46 heavy (non-hydrogen) atoms. The van der Waals surface area contributed by atoms with Crippen LogP contribution in [-0.4, -0.2) is 32.4 Å². The Labute approximate surface area is 276 Å². The molecule has 0 spiro atoms. The molecular formula is C38H42N4O3S. The molecule has 1 aromatic heterocycles. The summed E-state index contributed by atoms with van der Waals surface area (Å²) >= 11 is 1.55. The molecule has 0 radical (unpaired) electrons. The van der Waals surface area contributed by atoms with Gasteiger partial charge in [0.1, 0.15) is 5.75 Å². The summed E-state index contributed by atoms with van der Waals surface area (Å²) in [5, 5.41) is 22.8. The van der Waals surface area contributed by atoms with Crippen molar-refractivity contribution >= 4 is 23.4 Å². The lowest BCUT2D eigenvalue weighted by Crippen LogP contribution is -2.10. The average molecular weight is 635 g/mol. The van der Waals surface area contributed by atoms with Gasteiger partial charge in [0.25, 0.3) is 0 Å². The highest BCUT2D eigenvalue weighted by Gasteiger charge is 2.18. The molecule has 0 aliphatic rings. The number of nitrogens with one attached hydrogen (secondary N) is 1. The Morgan fingerprint density at radius 2 is 1.67 bits per heavy atom. The van der Waals surface area contributed by atoms with E-state index >= 15 is 0 Å². The molecule has 5 rings (SSSR count). The fourth-order valence-electron chi connectivity index (χ4n) is 5.27. The molecule has 1 heterocycles. The molecule has 0 aliphatic heterocycles. The van der Waals surface area contributed by atoms with Crippen LogP contribution in [0.15, 0.2) is 107 Å². The molecule has 238 valence electrons. The summed E-state index contributed by atoms with van der Waals surface area (Å²) in [7, 11) is 2.00. The zero-order chi connectivity index (χ0) is 32.7. The number of aliphatic carboxylic acids is 1. The molecule has 0 bridgehead atoms. The Kier molecular flexibility index (Phi) is 10.5. The number of carboxylic acid groups (broad SMARTS) is 1. The minimum absolute atomic E-state index is 0.0901. The minimum Gasteiger partial charge on any atom is -0.493 e. The van der Waals surface area contributed by atoms with Gasteiger partial charge in [0.15, 0.2) is 11.0 Å². The predicted octanol–water partition coefficient (Wildman–Crippen LogP) is 8.74. The number of hydrogen-bond donors (Lipinski definition) is 2. The van der Waals surface area contributed by atoms with Crippen LogP contribution in [0.25, 0.3) is 11.4 Å². The highest BCUT2D eigenvalue weighted by molar-refractivity contribution is 7.99. The van der Waals surface area contributed by atoms with Crippen LogP contribution in [0.4, 0.5) is 5.69 Å². The Bertz CT molecular complexity index is 1740. The van der Waals surface area contributed by atoms with Crippen molar-refractivity contribution in [2.75, 3.05) is 11.9 Å². The van der Waals surface area contributed by atoms with Crippen LogP contribution in [-0.2, 0) is 30.2 Å². The van der Waals surface area contributed by atoms with Gasteiger partial charge in [-0.25, -0.2) is 0 Å². The smallest absolute Gasteiger partial charge is 0.310 e. The topological polar surface area (TPSA) is 89.3 Å². The van der Waals surface area contributed by atoms with E-state index in [0.29, 0.717) is 19.6 Å². The van der Waals surface area contributed by atoms with Gasteiger partial charge in [-0.1, -0.05) is 100 Å². The van der Waals surface area contributed by atoms with Crippen molar-refractivity contribution in [1.29, 1.82) is 0 Å². The number of benzene rings is 4. The fraction of sp³-hybridized carbons (Fsp3) is 0.289. The Morgan fingerprint density at radius 3 is 2.33 bits per heavy atom. The Morgan fingerprint density at radius 1 is 0.957 bits per heavy atom. The summed E-state index contributed by atoms with van der Waals surface area (Å²) in [5.74, 6) is 0.332. The van der Waals surface area contributed by atoms with Gasteiger partial charge in [0.2, 0.25) is 0 Å². The van der Waals surface area contributed by atoms with Gasteiger partial charge in [-0.15, -0.1) is 10.2 Å². The number of aromatic nitrogens is 3. The lowest BCUT2D eigenvalue weighted by atomic mass is 9.87. The predicted molar refractivity (Wildman–Crippen MR) is 186 cm³/mol. The molecule has 8 heteroatoms. The van der Waals surface area contributed by atoms with Gasteiger partial charge in [-0.3, -0.25) is 4.79 Å². The third kappa shape index (κ3) is 8.17. The molecule has 0 amide bonds. The normalized spacial score (nSPS) is 12.1. The van der Waals surface area contributed by atoms with Gasteiger partial charge in [-0.05, 0) is 64.6 Å². The fourth-order valence-corrected chi connectivity index (χ4v) is 6.08. The Balaban J connectivity index is 1.32. The number of nitrogens with zero attached hydrogens (tertiary/aromatic N) is 3. The number of ether oxygens (including phenoxy) is 1. The monoisotopic (exact) mass is 634 g/mol. The number of hydrogen-bond acceptors (Lipinski definition) is 6. The Hall–Kier alpha value is -4.56. The quantitative estimate of drug-likeness (QED) is 0.134. The van der Waals surface area contributed by atoms with E-state index in [1.165, 1.54) is 11.1 Å². The van der Waals surface area contributed by atoms with Crippen LogP contribution in [0, 0.1) is 0 Å². The van der Waals surface area contributed by atoms with Gasteiger partial charge in [0.05, 0.1) is 12.5 Å². The first kappa shape index (κ1) is 32.8. The van der Waals surface area contributed by atoms with Gasteiger partial charge in [0, 0.05) is 41.7 Å². The number of rotatable bonds is 13. The molecule has 0 fully saturated rings. The van der Waals surface area contributed by atoms with E-state index in [9.17, 15) is 9.90 Å². The van der Waals surface area contributed by atoms with E-state index in [2.05, 4.69) is 90.9 Å². The maximum atomic E-state index is 11.6. The van der Waals surface area contributed by atoms with Crippen molar-refractivity contribution < 1.29 is 14.6 Å². The van der Waals surface area contributed by atoms with Crippen molar-refractivity contribution in [2.45, 2.75) is 68.5 Å². The standard InChI is InChI=1S/C38H42N4O3S/c1-6-33(36(43)44)27-14-19-31(20-15-27)39-25-29-16-21-32(24-34(29)45-23-22-26-10-8-7-9-11-26)46-37-41-40-35(42(37)5)28-12-17-30(18-13-28)38(2,3)4/h7-21,24,33,39H,6,22-23,25H2,1-5H3,(H,43,44).